The Kier molecular flexibility index (Phi) is 7.15. The van der Waals surface area contributed by atoms with Crippen LogP contribution in [0, 0.1) is 5.92 Å². The minimum absolute atomic E-state index is 0.225. The van der Waals surface area contributed by atoms with Gasteiger partial charge in [-0.3, -0.25) is 14.4 Å². The van der Waals surface area contributed by atoms with Gasteiger partial charge in [0.05, 0.1) is 16.5 Å². The van der Waals surface area contributed by atoms with Gasteiger partial charge in [0.2, 0.25) is 0 Å². The van der Waals surface area contributed by atoms with E-state index in [0.717, 1.165) is 40.7 Å². The summed E-state index contributed by atoms with van der Waals surface area (Å²) in [4.78, 5) is 13.4. The molecule has 3 aromatic rings. The molecule has 5 rings (SSSR count). The number of piperidine rings is 1. The number of carboxylic acid groups (broad SMARTS) is 1. The van der Waals surface area contributed by atoms with Crippen LogP contribution in [0.1, 0.15) is 43.9 Å². The summed E-state index contributed by atoms with van der Waals surface area (Å²) >= 11 is 13.1. The first kappa shape index (κ1) is 24.9. The Morgan fingerprint density at radius 1 is 1.19 bits per heavy atom. The van der Waals surface area contributed by atoms with Crippen molar-refractivity contribution in [1.29, 1.82) is 0 Å². The first-order valence-corrected chi connectivity index (χ1v) is 12.9. The van der Waals surface area contributed by atoms with Crippen molar-refractivity contribution in [2.75, 3.05) is 26.2 Å². The molecule has 2 aliphatic rings. The van der Waals surface area contributed by atoms with Crippen LogP contribution in [0.2, 0.25) is 5.15 Å². The second-order valence-corrected chi connectivity index (χ2v) is 10.5. The molecule has 3 heterocycles. The first-order valence-electron chi connectivity index (χ1n) is 12.2. The topological polar surface area (TPSA) is 76.8 Å². The smallest absolute Gasteiger partial charge is 0.306 e. The highest BCUT2D eigenvalue weighted by molar-refractivity contribution is 6.49. The Hall–Kier alpha value is -2.74. The van der Waals surface area contributed by atoms with Gasteiger partial charge in [0.25, 0.3) is 0 Å². The van der Waals surface area contributed by atoms with Crippen molar-refractivity contribution >= 4 is 45.1 Å². The Balaban J connectivity index is 1.25. The van der Waals surface area contributed by atoms with Gasteiger partial charge in [0.1, 0.15) is 24.7 Å². The number of carbonyl (C=O) groups is 1. The monoisotopic (exact) mass is 529 g/mol. The Morgan fingerprint density at radius 3 is 2.69 bits per heavy atom. The van der Waals surface area contributed by atoms with E-state index in [2.05, 4.69) is 23.8 Å². The number of hydrogen-bond donors (Lipinski definition) is 1. The molecule has 1 fully saturated rings. The highest BCUT2D eigenvalue weighted by Crippen LogP contribution is 2.38. The van der Waals surface area contributed by atoms with Crippen molar-refractivity contribution < 1.29 is 19.4 Å². The van der Waals surface area contributed by atoms with Gasteiger partial charge in [0.15, 0.2) is 5.15 Å². The molecule has 36 heavy (non-hydrogen) atoms. The fourth-order valence-electron chi connectivity index (χ4n) is 4.84. The van der Waals surface area contributed by atoms with E-state index in [1.807, 2.05) is 41.1 Å². The van der Waals surface area contributed by atoms with Crippen LogP contribution >= 0.6 is 23.2 Å². The third-order valence-corrected chi connectivity index (χ3v) is 7.62. The Morgan fingerprint density at radius 2 is 1.97 bits per heavy atom. The highest BCUT2D eigenvalue weighted by atomic mass is 35.5. The number of benzene rings is 2. The summed E-state index contributed by atoms with van der Waals surface area (Å²) in [6, 6.07) is 12.0. The van der Waals surface area contributed by atoms with Gasteiger partial charge in [-0.05, 0) is 69.6 Å². The van der Waals surface area contributed by atoms with Crippen LogP contribution in [0.3, 0.4) is 0 Å². The number of carboxylic acids is 1. The number of rotatable bonds is 7. The number of aromatic nitrogens is 2. The fraction of sp³-hybridized carbons (Fsp3) is 0.407. The number of halogens is 2. The number of ether oxygens (including phenoxy) is 2. The van der Waals surface area contributed by atoms with Gasteiger partial charge in [-0.15, -0.1) is 0 Å². The van der Waals surface area contributed by atoms with E-state index >= 15 is 0 Å². The van der Waals surface area contributed by atoms with E-state index < -0.39 is 5.97 Å². The minimum atomic E-state index is -0.702. The van der Waals surface area contributed by atoms with Gasteiger partial charge in [0, 0.05) is 35.2 Å². The zero-order valence-corrected chi connectivity index (χ0v) is 21.8. The third kappa shape index (κ3) is 5.05. The molecule has 9 heteroatoms. The normalized spacial score (nSPS) is 16.9. The zero-order chi connectivity index (χ0) is 25.4. The molecule has 0 unspecified atom stereocenters. The van der Waals surface area contributed by atoms with Gasteiger partial charge < -0.3 is 14.6 Å². The molecule has 0 amide bonds. The maximum Gasteiger partial charge on any atom is 0.306 e. The number of aliphatic carboxylic acids is 1. The molecule has 190 valence electrons. The van der Waals surface area contributed by atoms with Crippen LogP contribution < -0.4 is 9.47 Å². The lowest BCUT2D eigenvalue weighted by atomic mass is 9.96. The predicted octanol–water partition coefficient (Wildman–Crippen LogP) is 5.99. The average molecular weight is 530 g/mol. The lowest BCUT2D eigenvalue weighted by Gasteiger charge is -2.32. The maximum atomic E-state index is 11.2. The quantitative estimate of drug-likeness (QED) is 0.405. The van der Waals surface area contributed by atoms with E-state index in [9.17, 15) is 9.90 Å². The first-order chi connectivity index (χ1) is 17.3. The van der Waals surface area contributed by atoms with E-state index in [1.54, 1.807) is 0 Å². The number of hydrogen-bond acceptors (Lipinski definition) is 5. The van der Waals surface area contributed by atoms with Crippen LogP contribution in [0.4, 0.5) is 0 Å². The minimum Gasteiger partial charge on any atom is -0.489 e. The van der Waals surface area contributed by atoms with Crippen molar-refractivity contribution in [3.8, 4) is 11.5 Å². The molecule has 2 aliphatic heterocycles. The number of nitrogens with zero attached hydrogens (tertiary/aromatic N) is 3. The van der Waals surface area contributed by atoms with E-state index in [1.165, 1.54) is 0 Å². The van der Waals surface area contributed by atoms with Crippen molar-refractivity contribution in [3.05, 3.63) is 58.3 Å². The van der Waals surface area contributed by atoms with Gasteiger partial charge in [-0.25, -0.2) is 0 Å². The molecule has 0 spiro atoms. The van der Waals surface area contributed by atoms with Crippen molar-refractivity contribution in [2.24, 2.45) is 5.92 Å². The van der Waals surface area contributed by atoms with E-state index in [4.69, 9.17) is 32.7 Å². The second kappa shape index (κ2) is 10.3. The average Bonchev–Trinajstić information content (AvgIpc) is 3.21. The standard InChI is InChI=1S/C27H29Cl2N3O4/c1-16(2)32-23-6-3-17(11-22(23)26(29)30-32)14-35-20-4-5-21-24(12-20)36-15-19(25(21)28)13-31-9-7-18(8-10-31)27(33)34/h3-6,11-12,16,18H,7-10,13-15H2,1-2H3,(H,33,34). The molecule has 0 radical (unpaired) electrons. The Labute approximate surface area is 220 Å². The molecule has 0 saturated carbocycles. The van der Waals surface area contributed by atoms with E-state index in [0.29, 0.717) is 54.3 Å². The highest BCUT2D eigenvalue weighted by Gasteiger charge is 2.27. The molecule has 0 atom stereocenters. The summed E-state index contributed by atoms with van der Waals surface area (Å²) < 4.78 is 14.0. The number of likely N-dealkylation sites (tertiary alicyclic amines) is 1. The van der Waals surface area contributed by atoms with Crippen LogP contribution in [0.25, 0.3) is 15.9 Å². The van der Waals surface area contributed by atoms with Gasteiger partial charge in [-0.1, -0.05) is 29.3 Å². The molecule has 2 aromatic carbocycles. The molecular weight excluding hydrogens is 501 g/mol. The SMILES string of the molecule is CC(C)n1nc(Cl)c2cc(COc3ccc4c(c3)OCC(CN3CCC(C(=O)O)CC3)=C4Cl)ccc21. The molecule has 1 aromatic heterocycles. The molecule has 1 N–H and O–H groups in total. The van der Waals surface area contributed by atoms with Crippen molar-refractivity contribution in [2.45, 2.75) is 39.3 Å². The van der Waals surface area contributed by atoms with Crippen LogP contribution in [-0.4, -0.2) is 52.0 Å². The summed E-state index contributed by atoms with van der Waals surface area (Å²) in [6.07, 6.45) is 1.33. The van der Waals surface area contributed by atoms with Gasteiger partial charge in [-0.2, -0.15) is 5.10 Å². The lowest BCUT2D eigenvalue weighted by Crippen LogP contribution is -2.38. The van der Waals surface area contributed by atoms with Crippen molar-refractivity contribution in [1.82, 2.24) is 14.7 Å². The van der Waals surface area contributed by atoms with Crippen LogP contribution in [0.5, 0.6) is 11.5 Å². The molecular formula is C27H29Cl2N3O4. The van der Waals surface area contributed by atoms with E-state index in [-0.39, 0.29) is 12.0 Å². The number of fused-ring (bicyclic) bond motifs is 2. The Bertz CT molecular complexity index is 1330. The maximum absolute atomic E-state index is 11.2. The predicted molar refractivity (Wildman–Crippen MR) is 141 cm³/mol. The largest absolute Gasteiger partial charge is 0.489 e. The summed E-state index contributed by atoms with van der Waals surface area (Å²) in [5.74, 6) is 0.444. The second-order valence-electron chi connectivity index (χ2n) is 9.72. The summed E-state index contributed by atoms with van der Waals surface area (Å²) in [7, 11) is 0. The molecule has 7 nitrogen and oxygen atoms in total. The summed E-state index contributed by atoms with van der Waals surface area (Å²) in [6.45, 7) is 7.13. The zero-order valence-electron chi connectivity index (χ0n) is 20.3. The summed E-state index contributed by atoms with van der Waals surface area (Å²) in [5, 5.41) is 15.8. The molecule has 0 bridgehead atoms. The molecule has 1 saturated heterocycles. The van der Waals surface area contributed by atoms with Crippen LogP contribution in [0.15, 0.2) is 42.0 Å². The van der Waals surface area contributed by atoms with Crippen LogP contribution in [-0.2, 0) is 11.4 Å². The summed E-state index contributed by atoms with van der Waals surface area (Å²) in [5.41, 5.74) is 3.86. The van der Waals surface area contributed by atoms with Crippen molar-refractivity contribution in [3.63, 3.8) is 0 Å². The lowest BCUT2D eigenvalue weighted by molar-refractivity contribution is -0.143. The molecule has 0 aliphatic carbocycles. The fourth-order valence-corrected chi connectivity index (χ4v) is 5.34. The van der Waals surface area contributed by atoms with Gasteiger partial charge >= 0.3 is 5.97 Å². The third-order valence-electron chi connectivity index (χ3n) is 6.87.